The fourth-order valence-electron chi connectivity index (χ4n) is 3.61. The van der Waals surface area contributed by atoms with Crippen molar-refractivity contribution in [2.45, 2.75) is 52.1 Å². The van der Waals surface area contributed by atoms with Crippen molar-refractivity contribution >= 4 is 30.7 Å². The molecule has 0 spiro atoms. The Hall–Kier alpha value is -0.0700. The molecule has 0 aliphatic carbocycles. The number of halogens is 2. The molecule has 2 fully saturated rings. The molecule has 2 aliphatic rings. The zero-order valence-corrected chi connectivity index (χ0v) is 17.5. The largest absolute Gasteiger partial charge is 0.377 e. The Morgan fingerprint density at radius 2 is 1.84 bits per heavy atom. The second-order valence-electron chi connectivity index (χ2n) is 6.88. The minimum Gasteiger partial charge on any atom is -0.377 e. The molecule has 1 amide bonds. The highest BCUT2D eigenvalue weighted by Gasteiger charge is 2.24. The van der Waals surface area contributed by atoms with Gasteiger partial charge < -0.3 is 19.9 Å². The molecule has 7 heteroatoms. The van der Waals surface area contributed by atoms with Crippen LogP contribution in [0.2, 0.25) is 0 Å². The summed E-state index contributed by atoms with van der Waals surface area (Å²) in [7, 11) is 0. The van der Waals surface area contributed by atoms with Crippen LogP contribution in [0.25, 0.3) is 0 Å². The first kappa shape index (κ1) is 24.9. The van der Waals surface area contributed by atoms with Gasteiger partial charge in [0.2, 0.25) is 5.91 Å². The van der Waals surface area contributed by atoms with Gasteiger partial charge in [0.15, 0.2) is 0 Å². The number of nitrogens with zero attached hydrogens (tertiary/aromatic N) is 2. The standard InChI is InChI=1S/C18H35N3O2.2ClH/c1-3-20(4-2)13-14-23-17-8-11-21(12-9-17)18(22)6-5-16-7-10-19-15-16;;/h16-17,19H,3-15H2,1-2H3;2*1H. The number of ether oxygens (including phenoxy) is 1. The molecule has 0 aromatic rings. The van der Waals surface area contributed by atoms with Crippen molar-refractivity contribution in [3.63, 3.8) is 0 Å². The number of nitrogens with one attached hydrogen (secondary N) is 1. The summed E-state index contributed by atoms with van der Waals surface area (Å²) in [6.07, 6.45) is 5.33. The number of hydrogen-bond acceptors (Lipinski definition) is 4. The number of piperidine rings is 1. The lowest BCUT2D eigenvalue weighted by molar-refractivity contribution is -0.134. The zero-order valence-electron chi connectivity index (χ0n) is 15.9. The molecule has 2 rings (SSSR count). The van der Waals surface area contributed by atoms with Gasteiger partial charge in [-0.1, -0.05) is 13.8 Å². The molecular formula is C18H37Cl2N3O2. The second kappa shape index (κ2) is 14.0. The van der Waals surface area contributed by atoms with Gasteiger partial charge in [-0.2, -0.15) is 0 Å². The highest BCUT2D eigenvalue weighted by Crippen LogP contribution is 2.18. The van der Waals surface area contributed by atoms with Crippen LogP contribution in [0.4, 0.5) is 0 Å². The van der Waals surface area contributed by atoms with E-state index in [9.17, 15) is 4.79 Å². The van der Waals surface area contributed by atoms with E-state index >= 15 is 0 Å². The highest BCUT2D eigenvalue weighted by molar-refractivity contribution is 5.85. The summed E-state index contributed by atoms with van der Waals surface area (Å²) >= 11 is 0. The minimum atomic E-state index is 0. The maximum Gasteiger partial charge on any atom is 0.222 e. The number of carbonyl (C=O) groups is 1. The Kier molecular flexibility index (Phi) is 14.0. The van der Waals surface area contributed by atoms with Crippen LogP contribution >= 0.6 is 24.8 Å². The number of rotatable bonds is 9. The summed E-state index contributed by atoms with van der Waals surface area (Å²) in [5.74, 6) is 1.05. The van der Waals surface area contributed by atoms with Crippen LogP contribution in [-0.2, 0) is 9.53 Å². The highest BCUT2D eigenvalue weighted by atomic mass is 35.5. The van der Waals surface area contributed by atoms with Crippen molar-refractivity contribution in [1.29, 1.82) is 0 Å². The molecule has 0 aromatic carbocycles. The molecule has 150 valence electrons. The lowest BCUT2D eigenvalue weighted by Gasteiger charge is -2.32. The van der Waals surface area contributed by atoms with Crippen LogP contribution in [0.3, 0.4) is 0 Å². The topological polar surface area (TPSA) is 44.8 Å². The monoisotopic (exact) mass is 397 g/mol. The molecule has 0 aromatic heterocycles. The first-order valence-corrected chi connectivity index (χ1v) is 9.55. The number of likely N-dealkylation sites (tertiary alicyclic amines) is 1. The fraction of sp³-hybridized carbons (Fsp3) is 0.944. The smallest absolute Gasteiger partial charge is 0.222 e. The van der Waals surface area contributed by atoms with Crippen LogP contribution in [0.15, 0.2) is 0 Å². The van der Waals surface area contributed by atoms with Crippen molar-refractivity contribution in [3.8, 4) is 0 Å². The van der Waals surface area contributed by atoms with Gasteiger partial charge in [0.05, 0.1) is 12.7 Å². The maximum atomic E-state index is 12.3. The molecular weight excluding hydrogens is 361 g/mol. The third kappa shape index (κ3) is 8.91. The molecule has 1 atom stereocenters. The Balaban J connectivity index is 0.00000288. The lowest BCUT2D eigenvalue weighted by atomic mass is 10.0. The van der Waals surface area contributed by atoms with Crippen LogP contribution in [0, 0.1) is 5.92 Å². The van der Waals surface area contributed by atoms with Gasteiger partial charge in [-0.3, -0.25) is 4.79 Å². The quantitative estimate of drug-likeness (QED) is 0.649. The minimum absolute atomic E-state index is 0. The van der Waals surface area contributed by atoms with Gasteiger partial charge in [-0.05, 0) is 57.8 Å². The van der Waals surface area contributed by atoms with Crippen LogP contribution in [0.5, 0.6) is 0 Å². The molecule has 2 aliphatic heterocycles. The van der Waals surface area contributed by atoms with Gasteiger partial charge in [0, 0.05) is 26.1 Å². The van der Waals surface area contributed by atoms with E-state index < -0.39 is 0 Å². The van der Waals surface area contributed by atoms with Crippen molar-refractivity contribution in [2.24, 2.45) is 5.92 Å². The van der Waals surface area contributed by atoms with Gasteiger partial charge in [0.25, 0.3) is 0 Å². The third-order valence-electron chi connectivity index (χ3n) is 5.38. The Bertz CT molecular complexity index is 343. The molecule has 2 heterocycles. The first-order valence-electron chi connectivity index (χ1n) is 9.55. The molecule has 0 radical (unpaired) electrons. The van der Waals surface area contributed by atoms with E-state index in [1.165, 1.54) is 6.42 Å². The van der Waals surface area contributed by atoms with E-state index in [0.717, 1.165) is 78.1 Å². The molecule has 0 saturated carbocycles. The Morgan fingerprint density at radius 1 is 1.16 bits per heavy atom. The van der Waals surface area contributed by atoms with E-state index in [0.29, 0.717) is 17.9 Å². The number of hydrogen-bond donors (Lipinski definition) is 1. The van der Waals surface area contributed by atoms with Gasteiger partial charge in [0.1, 0.15) is 0 Å². The summed E-state index contributed by atoms with van der Waals surface area (Å²) < 4.78 is 6.00. The molecule has 1 N–H and O–H groups in total. The average Bonchev–Trinajstić information content (AvgIpc) is 3.11. The van der Waals surface area contributed by atoms with E-state index in [-0.39, 0.29) is 24.8 Å². The van der Waals surface area contributed by atoms with E-state index in [1.54, 1.807) is 0 Å². The molecule has 2 saturated heterocycles. The second-order valence-corrected chi connectivity index (χ2v) is 6.88. The summed E-state index contributed by atoms with van der Waals surface area (Å²) in [6, 6.07) is 0. The van der Waals surface area contributed by atoms with Crippen LogP contribution in [-0.4, -0.2) is 74.2 Å². The summed E-state index contributed by atoms with van der Waals surface area (Å²) in [4.78, 5) is 16.7. The predicted molar refractivity (Wildman–Crippen MR) is 108 cm³/mol. The third-order valence-corrected chi connectivity index (χ3v) is 5.38. The fourth-order valence-corrected chi connectivity index (χ4v) is 3.61. The number of likely N-dealkylation sites (N-methyl/N-ethyl adjacent to an activating group) is 1. The van der Waals surface area contributed by atoms with Gasteiger partial charge in [-0.15, -0.1) is 24.8 Å². The van der Waals surface area contributed by atoms with Gasteiger partial charge in [-0.25, -0.2) is 0 Å². The summed E-state index contributed by atoms with van der Waals surface area (Å²) in [5.41, 5.74) is 0. The lowest BCUT2D eigenvalue weighted by Crippen LogP contribution is -2.41. The molecule has 1 unspecified atom stereocenters. The molecule has 0 bridgehead atoms. The SMILES string of the molecule is CCN(CC)CCOC1CCN(C(=O)CCC2CCNC2)CC1.Cl.Cl. The van der Waals surface area contributed by atoms with Crippen LogP contribution in [0.1, 0.15) is 46.0 Å². The van der Waals surface area contributed by atoms with E-state index in [1.807, 2.05) is 4.90 Å². The molecule has 5 nitrogen and oxygen atoms in total. The van der Waals surface area contributed by atoms with Crippen molar-refractivity contribution in [3.05, 3.63) is 0 Å². The van der Waals surface area contributed by atoms with E-state index in [2.05, 4.69) is 24.1 Å². The normalized spacial score (nSPS) is 21.1. The number of amides is 1. The summed E-state index contributed by atoms with van der Waals surface area (Å²) in [6.45, 7) is 12.3. The predicted octanol–water partition coefficient (Wildman–Crippen LogP) is 2.57. The van der Waals surface area contributed by atoms with E-state index in [4.69, 9.17) is 4.74 Å². The molecule has 25 heavy (non-hydrogen) atoms. The van der Waals surface area contributed by atoms with Crippen molar-refractivity contribution < 1.29 is 9.53 Å². The Labute approximate surface area is 166 Å². The average molecular weight is 398 g/mol. The van der Waals surface area contributed by atoms with Crippen molar-refractivity contribution in [1.82, 2.24) is 15.1 Å². The number of carbonyl (C=O) groups excluding carboxylic acids is 1. The Morgan fingerprint density at radius 3 is 2.40 bits per heavy atom. The zero-order chi connectivity index (χ0) is 16.5. The summed E-state index contributed by atoms with van der Waals surface area (Å²) in [5, 5.41) is 3.37. The van der Waals surface area contributed by atoms with Crippen LogP contribution < -0.4 is 5.32 Å². The van der Waals surface area contributed by atoms with Gasteiger partial charge >= 0.3 is 0 Å². The van der Waals surface area contributed by atoms with Crippen molar-refractivity contribution in [2.75, 3.05) is 52.4 Å². The first-order chi connectivity index (χ1) is 11.2. The maximum absolute atomic E-state index is 12.3.